The average molecular weight is 234 g/mol. The van der Waals surface area contributed by atoms with Gasteiger partial charge in [0, 0.05) is 5.39 Å². The zero-order chi connectivity index (χ0) is 11.3. The third kappa shape index (κ3) is 1.18. The second-order valence-electron chi connectivity index (χ2n) is 3.55. The topological polar surface area (TPSA) is 45.8 Å². The highest BCUT2D eigenvalue weighted by atomic mass is 32.1. The van der Waals surface area contributed by atoms with Crippen LogP contribution in [0.5, 0.6) is 0 Å². The lowest BCUT2D eigenvalue weighted by Gasteiger charge is -1.93. The van der Waals surface area contributed by atoms with Crippen molar-refractivity contribution in [2.24, 2.45) is 0 Å². The quantitative estimate of drug-likeness (QED) is 0.649. The van der Waals surface area contributed by atoms with E-state index in [4.69, 9.17) is 0 Å². The Morgan fingerprint density at radius 3 is 3.00 bits per heavy atom. The molecule has 0 fully saturated rings. The van der Waals surface area contributed by atoms with Crippen molar-refractivity contribution in [1.29, 1.82) is 0 Å². The third-order valence-electron chi connectivity index (χ3n) is 2.42. The Balaban J connectivity index is 2.67. The fourth-order valence-corrected chi connectivity index (χ4v) is 2.79. The predicted octanol–water partition coefficient (Wildman–Crippen LogP) is 2.59. The zero-order valence-corrected chi connectivity index (χ0v) is 9.19. The van der Waals surface area contributed by atoms with Crippen LogP contribution in [0.4, 0.5) is 4.39 Å². The van der Waals surface area contributed by atoms with Crippen molar-refractivity contribution < 1.29 is 4.39 Å². The maximum Gasteiger partial charge on any atom is 0.268 e. The van der Waals surface area contributed by atoms with Crippen LogP contribution in [-0.2, 0) is 0 Å². The second kappa shape index (κ2) is 3.12. The van der Waals surface area contributed by atoms with E-state index in [0.29, 0.717) is 26.1 Å². The van der Waals surface area contributed by atoms with Crippen LogP contribution in [0.2, 0.25) is 0 Å². The molecule has 1 aromatic carbocycles. The molecule has 0 radical (unpaired) electrons. The summed E-state index contributed by atoms with van der Waals surface area (Å²) in [4.78, 5) is 18.5. The number of hydrogen-bond donors (Lipinski definition) is 1. The van der Waals surface area contributed by atoms with Gasteiger partial charge >= 0.3 is 0 Å². The number of aryl methyl sites for hydroxylation is 1. The van der Waals surface area contributed by atoms with Gasteiger partial charge in [0.15, 0.2) is 0 Å². The van der Waals surface area contributed by atoms with Gasteiger partial charge in [-0.25, -0.2) is 9.37 Å². The molecule has 0 spiro atoms. The molecular weight excluding hydrogens is 227 g/mol. The van der Waals surface area contributed by atoms with E-state index in [1.807, 2.05) is 0 Å². The molecule has 2 heterocycles. The molecule has 0 saturated heterocycles. The summed E-state index contributed by atoms with van der Waals surface area (Å²) in [5.74, 6) is 0.235. The minimum absolute atomic E-state index is 0.205. The lowest BCUT2D eigenvalue weighted by Crippen LogP contribution is -2.07. The van der Waals surface area contributed by atoms with E-state index in [9.17, 15) is 9.18 Å². The normalized spacial score (nSPS) is 11.4. The molecular formula is C11H7FN2OS. The summed E-state index contributed by atoms with van der Waals surface area (Å²) in [7, 11) is 0. The Bertz CT molecular complexity index is 760. The maximum atomic E-state index is 13.5. The van der Waals surface area contributed by atoms with Crippen molar-refractivity contribution in [3.63, 3.8) is 0 Å². The van der Waals surface area contributed by atoms with Crippen molar-refractivity contribution >= 4 is 31.6 Å². The molecule has 0 aliphatic carbocycles. The zero-order valence-electron chi connectivity index (χ0n) is 8.37. The molecule has 0 amide bonds. The first-order chi connectivity index (χ1) is 7.66. The van der Waals surface area contributed by atoms with E-state index < -0.39 is 0 Å². The van der Waals surface area contributed by atoms with Gasteiger partial charge in [0.2, 0.25) is 0 Å². The van der Waals surface area contributed by atoms with Crippen molar-refractivity contribution in [3.05, 3.63) is 40.2 Å². The highest BCUT2D eigenvalue weighted by Crippen LogP contribution is 2.31. The molecule has 1 N–H and O–H groups in total. The highest BCUT2D eigenvalue weighted by molar-refractivity contribution is 7.25. The van der Waals surface area contributed by atoms with E-state index in [1.165, 1.54) is 6.07 Å². The van der Waals surface area contributed by atoms with Gasteiger partial charge in [0.05, 0.1) is 10.2 Å². The molecule has 0 atom stereocenters. The maximum absolute atomic E-state index is 13.5. The molecule has 0 saturated carbocycles. The lowest BCUT2D eigenvalue weighted by molar-refractivity contribution is 0.642. The molecule has 0 bridgehead atoms. The number of halogens is 1. The lowest BCUT2D eigenvalue weighted by atomic mass is 10.2. The Kier molecular flexibility index (Phi) is 1.85. The Morgan fingerprint density at radius 2 is 2.19 bits per heavy atom. The van der Waals surface area contributed by atoms with E-state index >= 15 is 0 Å². The Morgan fingerprint density at radius 1 is 1.38 bits per heavy atom. The van der Waals surface area contributed by atoms with E-state index in [2.05, 4.69) is 9.97 Å². The molecule has 0 unspecified atom stereocenters. The number of aromatic nitrogens is 2. The molecule has 0 aliphatic rings. The number of aromatic amines is 1. The second-order valence-corrected chi connectivity index (χ2v) is 4.57. The number of nitrogens with zero attached hydrogens (tertiary/aromatic N) is 1. The number of benzene rings is 1. The molecule has 5 heteroatoms. The van der Waals surface area contributed by atoms with Gasteiger partial charge in [-0.3, -0.25) is 4.79 Å². The third-order valence-corrected chi connectivity index (χ3v) is 3.62. The minimum Gasteiger partial charge on any atom is -0.310 e. The fourth-order valence-electron chi connectivity index (χ4n) is 1.75. The van der Waals surface area contributed by atoms with Crippen LogP contribution >= 0.6 is 11.3 Å². The largest absolute Gasteiger partial charge is 0.310 e. The van der Waals surface area contributed by atoms with E-state index in [1.54, 1.807) is 19.1 Å². The van der Waals surface area contributed by atoms with Crippen molar-refractivity contribution in [2.75, 3.05) is 0 Å². The average Bonchev–Trinajstić information content (AvgIpc) is 2.59. The number of hydrogen-bond acceptors (Lipinski definition) is 3. The first-order valence-electron chi connectivity index (χ1n) is 4.74. The van der Waals surface area contributed by atoms with Crippen molar-refractivity contribution in [1.82, 2.24) is 9.97 Å². The molecule has 80 valence electrons. The number of rotatable bonds is 0. The fraction of sp³-hybridized carbons (Fsp3) is 0.0909. The Labute approximate surface area is 93.6 Å². The molecule has 2 aromatic heterocycles. The smallest absolute Gasteiger partial charge is 0.268 e. The molecule has 3 nitrogen and oxygen atoms in total. The van der Waals surface area contributed by atoms with Crippen LogP contribution in [0.3, 0.4) is 0 Å². The molecule has 3 rings (SSSR count). The van der Waals surface area contributed by atoms with Crippen molar-refractivity contribution in [3.8, 4) is 0 Å². The number of H-pyrrole nitrogens is 1. The van der Waals surface area contributed by atoms with Crippen LogP contribution in [-0.4, -0.2) is 9.97 Å². The van der Waals surface area contributed by atoms with Crippen LogP contribution in [0, 0.1) is 12.7 Å². The summed E-state index contributed by atoms with van der Waals surface area (Å²) >= 11 is 1.14. The van der Waals surface area contributed by atoms with Crippen LogP contribution < -0.4 is 5.56 Å². The van der Waals surface area contributed by atoms with Gasteiger partial charge in [-0.1, -0.05) is 12.1 Å². The summed E-state index contributed by atoms with van der Waals surface area (Å²) < 4.78 is 14.5. The molecule has 3 aromatic rings. The van der Waals surface area contributed by atoms with Crippen LogP contribution in [0.1, 0.15) is 5.82 Å². The van der Waals surface area contributed by atoms with Gasteiger partial charge in [-0.15, -0.1) is 11.3 Å². The summed E-state index contributed by atoms with van der Waals surface area (Å²) in [6, 6.07) is 4.80. The summed E-state index contributed by atoms with van der Waals surface area (Å²) in [6.07, 6.45) is 0. The summed E-state index contributed by atoms with van der Waals surface area (Å²) in [5.41, 5.74) is 0.379. The first-order valence-corrected chi connectivity index (χ1v) is 5.56. The van der Waals surface area contributed by atoms with Gasteiger partial charge in [-0.05, 0) is 13.0 Å². The van der Waals surface area contributed by atoms with Gasteiger partial charge < -0.3 is 4.98 Å². The van der Waals surface area contributed by atoms with Crippen LogP contribution in [0.15, 0.2) is 23.0 Å². The highest BCUT2D eigenvalue weighted by Gasteiger charge is 2.12. The summed E-state index contributed by atoms with van der Waals surface area (Å²) in [5, 5.41) is 0.703. The number of fused-ring (bicyclic) bond motifs is 3. The van der Waals surface area contributed by atoms with Crippen LogP contribution in [0.25, 0.3) is 20.3 Å². The molecule has 16 heavy (non-hydrogen) atoms. The first kappa shape index (κ1) is 9.47. The van der Waals surface area contributed by atoms with E-state index in [-0.39, 0.29) is 11.4 Å². The van der Waals surface area contributed by atoms with Gasteiger partial charge in [0.25, 0.3) is 5.56 Å². The Hall–Kier alpha value is -1.75. The summed E-state index contributed by atoms with van der Waals surface area (Å²) in [6.45, 7) is 1.71. The predicted molar refractivity (Wildman–Crippen MR) is 62.4 cm³/mol. The van der Waals surface area contributed by atoms with Gasteiger partial charge in [0.1, 0.15) is 16.3 Å². The SMILES string of the molecule is Cc1nc2c(sc3c(F)cccc32)c(=O)[nH]1. The van der Waals surface area contributed by atoms with Gasteiger partial charge in [-0.2, -0.15) is 0 Å². The monoisotopic (exact) mass is 234 g/mol. The number of thiophene rings is 1. The number of nitrogens with one attached hydrogen (secondary N) is 1. The minimum atomic E-state index is -0.308. The standard InChI is InChI=1S/C11H7FN2OS/c1-5-13-8-6-3-2-4-7(12)9(6)16-10(8)11(15)14-5/h2-4H,1H3,(H,13,14,15). The van der Waals surface area contributed by atoms with Crippen molar-refractivity contribution in [2.45, 2.75) is 6.92 Å². The molecule has 0 aliphatic heterocycles. The van der Waals surface area contributed by atoms with E-state index in [0.717, 1.165) is 11.3 Å².